The predicted molar refractivity (Wildman–Crippen MR) is 126 cm³/mol. The number of pyridine rings is 1. The first-order chi connectivity index (χ1) is 15.5. The standard InChI is InChI=1S/C24H24N4O3S/c1-24(2)12-16-17(13-31-24)21(27-8-10-30-11-9-27)26-22-18(16)19-20(32-22)23(29)28(14-25-19)15-6-4-3-5-7-15/h3-7,14H,8-13H2,1-2H3. The number of hydrogen-bond acceptors (Lipinski definition) is 7. The Kier molecular flexibility index (Phi) is 4.57. The largest absolute Gasteiger partial charge is 0.378 e. The number of fused-ring (bicyclic) bond motifs is 5. The van der Waals surface area contributed by atoms with Crippen molar-refractivity contribution >= 4 is 37.6 Å². The van der Waals surface area contributed by atoms with Gasteiger partial charge in [-0.1, -0.05) is 18.2 Å². The minimum absolute atomic E-state index is 0.0582. The fraction of sp³-hybridized carbons (Fsp3) is 0.375. The molecule has 1 fully saturated rings. The molecule has 7 nitrogen and oxygen atoms in total. The van der Waals surface area contributed by atoms with Gasteiger partial charge < -0.3 is 14.4 Å². The molecule has 2 aliphatic rings. The quantitative estimate of drug-likeness (QED) is 0.466. The zero-order valence-electron chi connectivity index (χ0n) is 18.1. The molecule has 32 heavy (non-hydrogen) atoms. The zero-order valence-corrected chi connectivity index (χ0v) is 18.9. The van der Waals surface area contributed by atoms with E-state index in [9.17, 15) is 4.79 Å². The number of nitrogens with zero attached hydrogens (tertiary/aromatic N) is 4. The van der Waals surface area contributed by atoms with E-state index in [-0.39, 0.29) is 11.2 Å². The molecule has 0 bridgehead atoms. The lowest BCUT2D eigenvalue weighted by Crippen LogP contribution is -2.39. The first-order valence-corrected chi connectivity index (χ1v) is 11.7. The van der Waals surface area contributed by atoms with E-state index in [0.717, 1.165) is 52.3 Å². The summed E-state index contributed by atoms with van der Waals surface area (Å²) in [5, 5.41) is 1.01. The molecule has 0 N–H and O–H groups in total. The van der Waals surface area contributed by atoms with Crippen LogP contribution in [0, 0.1) is 0 Å². The molecule has 5 heterocycles. The molecule has 1 saturated heterocycles. The maximum absolute atomic E-state index is 13.4. The van der Waals surface area contributed by atoms with E-state index >= 15 is 0 Å². The van der Waals surface area contributed by atoms with Gasteiger partial charge in [-0.05, 0) is 31.5 Å². The highest BCUT2D eigenvalue weighted by atomic mass is 32.1. The lowest BCUT2D eigenvalue weighted by Gasteiger charge is -2.36. The van der Waals surface area contributed by atoms with Crippen LogP contribution in [0.3, 0.4) is 0 Å². The van der Waals surface area contributed by atoms with E-state index in [0.29, 0.717) is 24.5 Å². The zero-order chi connectivity index (χ0) is 21.9. The fourth-order valence-electron chi connectivity index (χ4n) is 4.66. The maximum Gasteiger partial charge on any atom is 0.275 e. The second-order valence-corrected chi connectivity index (χ2v) is 9.93. The van der Waals surface area contributed by atoms with Crippen molar-refractivity contribution in [2.45, 2.75) is 32.5 Å². The van der Waals surface area contributed by atoms with E-state index in [1.165, 1.54) is 16.9 Å². The van der Waals surface area contributed by atoms with E-state index in [2.05, 4.69) is 18.7 Å². The highest BCUT2D eigenvalue weighted by molar-refractivity contribution is 7.25. The van der Waals surface area contributed by atoms with Crippen molar-refractivity contribution in [2.24, 2.45) is 0 Å². The summed E-state index contributed by atoms with van der Waals surface area (Å²) in [6.07, 6.45) is 2.40. The van der Waals surface area contributed by atoms with Crippen molar-refractivity contribution in [3.05, 3.63) is 58.1 Å². The SMILES string of the molecule is CC1(C)Cc2c(c(N3CCOCC3)nc3sc4c(=O)n(-c5ccccc5)cnc4c23)CO1. The Morgan fingerprint density at radius 3 is 2.66 bits per heavy atom. The van der Waals surface area contributed by atoms with Crippen LogP contribution in [-0.4, -0.2) is 46.4 Å². The van der Waals surface area contributed by atoms with Crippen LogP contribution in [0.2, 0.25) is 0 Å². The minimum atomic E-state index is -0.281. The minimum Gasteiger partial charge on any atom is -0.378 e. The van der Waals surface area contributed by atoms with Crippen LogP contribution in [-0.2, 0) is 22.5 Å². The van der Waals surface area contributed by atoms with Crippen molar-refractivity contribution < 1.29 is 9.47 Å². The first kappa shape index (κ1) is 19.8. The van der Waals surface area contributed by atoms with Crippen LogP contribution in [0.5, 0.6) is 0 Å². The Morgan fingerprint density at radius 1 is 1.09 bits per heavy atom. The molecule has 0 saturated carbocycles. The Hall–Kier alpha value is -2.81. The molecule has 1 aromatic carbocycles. The molecule has 0 atom stereocenters. The van der Waals surface area contributed by atoms with Crippen molar-refractivity contribution in [1.29, 1.82) is 0 Å². The summed E-state index contributed by atoms with van der Waals surface area (Å²) >= 11 is 1.44. The number of para-hydroxylation sites is 1. The summed E-state index contributed by atoms with van der Waals surface area (Å²) in [5.41, 5.74) is 3.55. The molecule has 2 aliphatic heterocycles. The summed E-state index contributed by atoms with van der Waals surface area (Å²) in [5.74, 6) is 0.959. The van der Waals surface area contributed by atoms with Gasteiger partial charge in [0.2, 0.25) is 0 Å². The number of morpholine rings is 1. The average molecular weight is 449 g/mol. The number of rotatable bonds is 2. The third-order valence-electron chi connectivity index (χ3n) is 6.28. The van der Waals surface area contributed by atoms with Crippen LogP contribution >= 0.6 is 11.3 Å². The van der Waals surface area contributed by atoms with Crippen LogP contribution in [0.1, 0.15) is 25.0 Å². The van der Waals surface area contributed by atoms with Crippen molar-refractivity contribution in [1.82, 2.24) is 14.5 Å². The van der Waals surface area contributed by atoms with Gasteiger partial charge in [0.1, 0.15) is 21.7 Å². The molecule has 164 valence electrons. The highest BCUT2D eigenvalue weighted by Crippen LogP contribution is 2.42. The number of anilines is 1. The second kappa shape index (κ2) is 7.37. The Labute approximate surface area is 189 Å². The lowest BCUT2D eigenvalue weighted by molar-refractivity contribution is -0.0396. The number of benzene rings is 1. The predicted octanol–water partition coefficient (Wildman–Crippen LogP) is 3.68. The maximum atomic E-state index is 13.4. The summed E-state index contributed by atoms with van der Waals surface area (Å²) in [6, 6.07) is 9.61. The number of hydrogen-bond donors (Lipinski definition) is 0. The van der Waals surface area contributed by atoms with Crippen LogP contribution < -0.4 is 10.5 Å². The number of thiophene rings is 1. The number of aromatic nitrogens is 3. The topological polar surface area (TPSA) is 69.5 Å². The van der Waals surface area contributed by atoms with Gasteiger partial charge >= 0.3 is 0 Å². The van der Waals surface area contributed by atoms with Crippen molar-refractivity contribution in [3.63, 3.8) is 0 Å². The van der Waals surface area contributed by atoms with Crippen LogP contribution in [0.25, 0.3) is 26.1 Å². The second-order valence-electron chi connectivity index (χ2n) is 8.93. The summed E-state index contributed by atoms with van der Waals surface area (Å²) < 4.78 is 14.0. The average Bonchev–Trinajstić information content (AvgIpc) is 3.19. The van der Waals surface area contributed by atoms with Gasteiger partial charge in [0.25, 0.3) is 5.56 Å². The van der Waals surface area contributed by atoms with E-state index in [1.807, 2.05) is 30.3 Å². The summed E-state index contributed by atoms with van der Waals surface area (Å²) in [4.78, 5) is 26.4. The van der Waals surface area contributed by atoms with Crippen LogP contribution in [0.4, 0.5) is 5.82 Å². The van der Waals surface area contributed by atoms with E-state index < -0.39 is 0 Å². The Morgan fingerprint density at radius 2 is 1.88 bits per heavy atom. The molecule has 3 aromatic heterocycles. The van der Waals surface area contributed by atoms with Gasteiger partial charge in [0, 0.05) is 30.5 Å². The molecule has 6 rings (SSSR count). The fourth-order valence-corrected chi connectivity index (χ4v) is 5.74. The van der Waals surface area contributed by atoms with E-state index in [4.69, 9.17) is 19.4 Å². The molecular formula is C24H24N4O3S. The number of ether oxygens (including phenoxy) is 2. The third kappa shape index (κ3) is 3.13. The Bertz CT molecular complexity index is 1390. The normalized spacial score (nSPS) is 18.2. The first-order valence-electron chi connectivity index (χ1n) is 10.9. The van der Waals surface area contributed by atoms with Gasteiger partial charge in [-0.3, -0.25) is 9.36 Å². The van der Waals surface area contributed by atoms with E-state index in [1.54, 1.807) is 10.9 Å². The molecular weight excluding hydrogens is 424 g/mol. The van der Waals surface area contributed by atoms with Crippen molar-refractivity contribution in [3.8, 4) is 5.69 Å². The molecule has 4 aromatic rings. The van der Waals surface area contributed by atoms with Gasteiger partial charge in [-0.15, -0.1) is 11.3 Å². The third-order valence-corrected chi connectivity index (χ3v) is 7.34. The van der Waals surface area contributed by atoms with Gasteiger partial charge in [0.05, 0.1) is 36.6 Å². The molecule has 8 heteroatoms. The molecule has 0 unspecified atom stereocenters. The molecule has 0 radical (unpaired) electrons. The highest BCUT2D eigenvalue weighted by Gasteiger charge is 2.33. The summed E-state index contributed by atoms with van der Waals surface area (Å²) in [7, 11) is 0. The van der Waals surface area contributed by atoms with Gasteiger partial charge in [-0.2, -0.15) is 0 Å². The molecule has 0 aliphatic carbocycles. The lowest BCUT2D eigenvalue weighted by atomic mass is 9.90. The molecule has 0 spiro atoms. The molecule has 0 amide bonds. The van der Waals surface area contributed by atoms with Crippen LogP contribution in [0.15, 0.2) is 41.5 Å². The monoisotopic (exact) mass is 448 g/mol. The smallest absolute Gasteiger partial charge is 0.275 e. The summed E-state index contributed by atoms with van der Waals surface area (Å²) in [6.45, 7) is 7.72. The van der Waals surface area contributed by atoms with Crippen molar-refractivity contribution in [2.75, 3.05) is 31.2 Å². The van der Waals surface area contributed by atoms with Gasteiger partial charge in [-0.25, -0.2) is 9.97 Å². The van der Waals surface area contributed by atoms with Gasteiger partial charge in [0.15, 0.2) is 0 Å². The Balaban J connectivity index is 1.63.